The van der Waals surface area contributed by atoms with E-state index in [1.54, 1.807) is 13.0 Å². The fourth-order valence-electron chi connectivity index (χ4n) is 3.64. The van der Waals surface area contributed by atoms with Crippen LogP contribution in [0, 0.1) is 37.5 Å². The van der Waals surface area contributed by atoms with Crippen molar-refractivity contribution in [3.63, 3.8) is 0 Å². The molecule has 2 aromatic heterocycles. The summed E-state index contributed by atoms with van der Waals surface area (Å²) in [7, 11) is 0. The maximum absolute atomic E-state index is 13.3. The fourth-order valence-corrected chi connectivity index (χ4v) is 3.64. The Bertz CT molecular complexity index is 1440. The third kappa shape index (κ3) is 3.34. The number of aryl methyl sites for hydroxylation is 3. The predicted octanol–water partition coefficient (Wildman–Crippen LogP) is 3.29. The van der Waals surface area contributed by atoms with Crippen LogP contribution in [-0.4, -0.2) is 14.5 Å². The summed E-state index contributed by atoms with van der Waals surface area (Å²) in [5.41, 5.74) is 5.28. The molecule has 0 bridgehead atoms. The monoisotopic (exact) mass is 410 g/mol. The molecule has 0 aliphatic rings. The Labute approximate surface area is 179 Å². The van der Waals surface area contributed by atoms with E-state index in [0.717, 1.165) is 21.4 Å². The van der Waals surface area contributed by atoms with Crippen molar-refractivity contribution in [2.75, 3.05) is 5.84 Å². The molecule has 0 aliphatic carbocycles. The van der Waals surface area contributed by atoms with E-state index >= 15 is 0 Å². The first-order valence-electron chi connectivity index (χ1n) is 9.77. The van der Waals surface area contributed by atoms with Gasteiger partial charge in [0.05, 0.1) is 16.9 Å². The number of aromatic amines is 1. The molecule has 7 heteroatoms. The number of rotatable bonds is 3. The maximum Gasteiger partial charge on any atom is 0.280 e. The van der Waals surface area contributed by atoms with Crippen molar-refractivity contribution >= 4 is 0 Å². The van der Waals surface area contributed by atoms with Crippen molar-refractivity contribution in [3.05, 3.63) is 92.8 Å². The molecule has 4 N–H and O–H groups in total. The predicted molar refractivity (Wildman–Crippen MR) is 120 cm³/mol. The zero-order valence-electron chi connectivity index (χ0n) is 17.5. The lowest BCUT2D eigenvalue weighted by atomic mass is 9.98. The summed E-state index contributed by atoms with van der Waals surface area (Å²) in [6.07, 6.45) is 0. The van der Waals surface area contributed by atoms with Gasteiger partial charge in [-0.25, -0.2) is 9.36 Å². The summed E-state index contributed by atoms with van der Waals surface area (Å²) < 4.78 is 2.55. The number of nitrogens with one attached hydrogen (secondary N) is 2. The Morgan fingerprint density at radius 3 is 2.16 bits per heavy atom. The van der Waals surface area contributed by atoms with Gasteiger partial charge in [0.15, 0.2) is 5.49 Å². The van der Waals surface area contributed by atoms with Crippen LogP contribution in [0.4, 0.5) is 0 Å². The van der Waals surface area contributed by atoms with Crippen LogP contribution in [0.25, 0.3) is 28.1 Å². The number of nitrogen functional groups attached to an aromatic ring is 1. The molecule has 2 aromatic carbocycles. The van der Waals surface area contributed by atoms with Gasteiger partial charge in [-0.2, -0.15) is 5.26 Å². The molecule has 0 radical (unpaired) electrons. The van der Waals surface area contributed by atoms with Crippen LogP contribution in [-0.2, 0) is 0 Å². The van der Waals surface area contributed by atoms with E-state index in [2.05, 4.69) is 11.2 Å². The zero-order chi connectivity index (χ0) is 22.3. The second-order valence-corrected chi connectivity index (χ2v) is 7.60. The SMILES string of the molecule is Cc1ccc(-c2cc(-c3c(C)[nH]n(-c4ccc(C)cc4)c3=O)n(N)c(=N)c2C#N)cc1. The summed E-state index contributed by atoms with van der Waals surface area (Å²) >= 11 is 0. The molecule has 7 nitrogen and oxygen atoms in total. The highest BCUT2D eigenvalue weighted by Crippen LogP contribution is 2.27. The first kappa shape index (κ1) is 20.0. The maximum atomic E-state index is 13.3. The molecule has 0 saturated heterocycles. The van der Waals surface area contributed by atoms with Crippen LogP contribution in [0.15, 0.2) is 59.4 Å². The molecule has 0 amide bonds. The standard InChI is InChI=1S/C24H22N6O/c1-14-4-8-17(9-5-14)19-12-21(29(27)23(26)20(19)13-25)22-16(3)28-30(24(22)31)18-10-6-15(2)7-11-18/h4-12,26,28H,27H2,1-3H3. The summed E-state index contributed by atoms with van der Waals surface area (Å²) in [6.45, 7) is 5.75. The molecule has 0 spiro atoms. The van der Waals surface area contributed by atoms with Crippen molar-refractivity contribution in [2.45, 2.75) is 20.8 Å². The average Bonchev–Trinajstić information content (AvgIpc) is 3.05. The molecule has 4 rings (SSSR count). The lowest BCUT2D eigenvalue weighted by Crippen LogP contribution is -2.32. The van der Waals surface area contributed by atoms with E-state index in [4.69, 9.17) is 11.3 Å². The van der Waals surface area contributed by atoms with Crippen LogP contribution < -0.4 is 16.9 Å². The molecule has 0 fully saturated rings. The first-order chi connectivity index (χ1) is 14.8. The van der Waals surface area contributed by atoms with Crippen molar-refractivity contribution in [1.82, 2.24) is 14.5 Å². The van der Waals surface area contributed by atoms with E-state index in [0.29, 0.717) is 28.2 Å². The fraction of sp³-hybridized carbons (Fsp3) is 0.125. The average molecular weight is 410 g/mol. The van der Waals surface area contributed by atoms with E-state index in [-0.39, 0.29) is 16.6 Å². The van der Waals surface area contributed by atoms with Crippen molar-refractivity contribution in [2.24, 2.45) is 0 Å². The van der Waals surface area contributed by atoms with Gasteiger partial charge < -0.3 is 5.84 Å². The Morgan fingerprint density at radius 2 is 1.58 bits per heavy atom. The number of nitrogens with two attached hydrogens (primary N) is 1. The molecule has 0 atom stereocenters. The van der Waals surface area contributed by atoms with Crippen LogP contribution in [0.5, 0.6) is 0 Å². The third-order valence-electron chi connectivity index (χ3n) is 5.38. The van der Waals surface area contributed by atoms with Crippen LogP contribution in [0.1, 0.15) is 22.4 Å². The minimum absolute atomic E-state index is 0.155. The number of nitrogens with zero attached hydrogens (tertiary/aromatic N) is 3. The van der Waals surface area contributed by atoms with Gasteiger partial charge in [-0.05, 0) is 44.5 Å². The Morgan fingerprint density at radius 1 is 1.00 bits per heavy atom. The van der Waals surface area contributed by atoms with E-state index in [1.807, 2.05) is 62.4 Å². The number of H-pyrrole nitrogens is 1. The largest absolute Gasteiger partial charge is 0.337 e. The molecule has 0 saturated carbocycles. The lowest BCUT2D eigenvalue weighted by molar-refractivity contribution is 0.834. The Hall–Kier alpha value is -4.31. The Balaban J connectivity index is 1.98. The molecule has 31 heavy (non-hydrogen) atoms. The van der Waals surface area contributed by atoms with Gasteiger partial charge in [0.25, 0.3) is 5.56 Å². The van der Waals surface area contributed by atoms with Crippen molar-refractivity contribution < 1.29 is 0 Å². The highest BCUT2D eigenvalue weighted by atomic mass is 16.1. The number of nitriles is 1. The van der Waals surface area contributed by atoms with Crippen molar-refractivity contribution in [3.8, 4) is 34.1 Å². The number of pyridine rings is 1. The molecule has 0 aliphatic heterocycles. The first-order valence-corrected chi connectivity index (χ1v) is 9.77. The van der Waals surface area contributed by atoms with Gasteiger partial charge in [0.1, 0.15) is 11.6 Å². The van der Waals surface area contributed by atoms with Crippen molar-refractivity contribution in [1.29, 1.82) is 10.7 Å². The second kappa shape index (κ2) is 7.50. The topological polar surface area (TPSA) is 116 Å². The quantitative estimate of drug-likeness (QED) is 0.450. The minimum Gasteiger partial charge on any atom is -0.337 e. The molecular formula is C24H22N6O. The van der Waals surface area contributed by atoms with Gasteiger partial charge in [-0.3, -0.25) is 15.3 Å². The van der Waals surface area contributed by atoms with E-state index in [1.165, 1.54) is 4.68 Å². The molecule has 154 valence electrons. The summed E-state index contributed by atoms with van der Waals surface area (Å²) in [5.74, 6) is 6.18. The molecular weight excluding hydrogens is 388 g/mol. The number of hydrogen-bond donors (Lipinski definition) is 3. The summed E-state index contributed by atoms with van der Waals surface area (Å²) in [4.78, 5) is 13.3. The number of hydrogen-bond acceptors (Lipinski definition) is 4. The third-order valence-corrected chi connectivity index (χ3v) is 5.38. The highest BCUT2D eigenvalue weighted by Gasteiger charge is 2.20. The lowest BCUT2D eigenvalue weighted by Gasteiger charge is -2.13. The van der Waals surface area contributed by atoms with Gasteiger partial charge in [0, 0.05) is 11.3 Å². The highest BCUT2D eigenvalue weighted by molar-refractivity contribution is 5.76. The number of benzene rings is 2. The molecule has 0 unspecified atom stereocenters. The molecule has 4 aromatic rings. The number of aromatic nitrogens is 3. The van der Waals surface area contributed by atoms with Gasteiger partial charge in [-0.1, -0.05) is 47.5 Å². The summed E-state index contributed by atoms with van der Waals surface area (Å²) in [6, 6.07) is 19.0. The van der Waals surface area contributed by atoms with Crippen LogP contribution in [0.3, 0.4) is 0 Å². The minimum atomic E-state index is -0.278. The smallest absolute Gasteiger partial charge is 0.280 e. The van der Waals surface area contributed by atoms with Crippen LogP contribution >= 0.6 is 0 Å². The van der Waals surface area contributed by atoms with Gasteiger partial charge >= 0.3 is 0 Å². The van der Waals surface area contributed by atoms with Gasteiger partial charge in [0.2, 0.25) is 0 Å². The second-order valence-electron chi connectivity index (χ2n) is 7.60. The normalized spacial score (nSPS) is 10.8. The summed E-state index contributed by atoms with van der Waals surface area (Å²) in [5, 5.41) is 21.2. The van der Waals surface area contributed by atoms with E-state index in [9.17, 15) is 10.1 Å². The zero-order valence-corrected chi connectivity index (χ0v) is 17.5. The Kier molecular flexibility index (Phi) is 4.84. The van der Waals surface area contributed by atoms with E-state index < -0.39 is 0 Å². The van der Waals surface area contributed by atoms with Crippen LogP contribution in [0.2, 0.25) is 0 Å². The molecule has 2 heterocycles. The van der Waals surface area contributed by atoms with Gasteiger partial charge in [-0.15, -0.1) is 0 Å².